The molecule has 0 N–H and O–H groups in total. The molecule has 3 rings (SSSR count). The van der Waals surface area contributed by atoms with Gasteiger partial charge in [0.05, 0.1) is 23.1 Å². The van der Waals surface area contributed by atoms with E-state index in [0.717, 1.165) is 29.5 Å². The zero-order valence-electron chi connectivity index (χ0n) is 14.0. The quantitative estimate of drug-likeness (QED) is 0.871. The van der Waals surface area contributed by atoms with Gasteiger partial charge in [-0.25, -0.2) is 9.97 Å². The third-order valence-electron chi connectivity index (χ3n) is 4.39. The highest BCUT2D eigenvalue weighted by atomic mass is 15.3. The summed E-state index contributed by atoms with van der Waals surface area (Å²) in [4.78, 5) is 11.8. The third-order valence-corrected chi connectivity index (χ3v) is 4.39. The van der Waals surface area contributed by atoms with Gasteiger partial charge in [-0.05, 0) is 59.3 Å². The Morgan fingerprint density at radius 2 is 2.05 bits per heavy atom. The molecule has 0 bridgehead atoms. The molecule has 0 spiro atoms. The first-order valence-corrected chi connectivity index (χ1v) is 8.16. The summed E-state index contributed by atoms with van der Waals surface area (Å²) >= 11 is 0. The first-order valence-electron chi connectivity index (χ1n) is 8.16. The minimum absolute atomic E-state index is 0.320. The number of piperidine rings is 1. The third kappa shape index (κ3) is 2.90. The van der Waals surface area contributed by atoms with Gasteiger partial charge in [-0.15, -0.1) is 0 Å². The van der Waals surface area contributed by atoms with E-state index >= 15 is 0 Å². The topological polar surface area (TPSA) is 46.8 Å². The van der Waals surface area contributed by atoms with Crippen molar-refractivity contribution < 1.29 is 0 Å². The zero-order valence-corrected chi connectivity index (χ0v) is 14.0. The van der Waals surface area contributed by atoms with E-state index in [1.165, 1.54) is 19.3 Å². The second-order valence-electron chi connectivity index (χ2n) is 6.47. The van der Waals surface area contributed by atoms with E-state index in [0.29, 0.717) is 12.1 Å². The molecular weight excluding hydrogens is 274 g/mol. The first kappa shape index (κ1) is 15.2. The van der Waals surface area contributed by atoms with Gasteiger partial charge in [-0.2, -0.15) is 5.10 Å². The van der Waals surface area contributed by atoms with Crippen molar-refractivity contribution in [2.75, 3.05) is 13.6 Å². The number of aryl methyl sites for hydroxylation is 1. The van der Waals surface area contributed by atoms with Crippen molar-refractivity contribution in [3.8, 4) is 11.4 Å². The van der Waals surface area contributed by atoms with Crippen molar-refractivity contribution >= 4 is 0 Å². The lowest BCUT2D eigenvalue weighted by molar-refractivity contribution is 0.183. The largest absolute Gasteiger partial charge is 0.298 e. The number of rotatable bonds is 3. The van der Waals surface area contributed by atoms with Crippen molar-refractivity contribution in [2.45, 2.75) is 52.1 Å². The van der Waals surface area contributed by atoms with Crippen molar-refractivity contribution in [1.82, 2.24) is 24.6 Å². The molecule has 0 radical (unpaired) electrons. The Kier molecular flexibility index (Phi) is 4.25. The van der Waals surface area contributed by atoms with Gasteiger partial charge >= 0.3 is 0 Å². The van der Waals surface area contributed by atoms with Gasteiger partial charge in [-0.3, -0.25) is 9.58 Å². The van der Waals surface area contributed by atoms with Gasteiger partial charge in [0.2, 0.25) is 0 Å². The average molecular weight is 299 g/mol. The molecule has 0 saturated carbocycles. The monoisotopic (exact) mass is 299 g/mol. The normalized spacial score (nSPS) is 19.8. The standard InChI is InChI=1S/C17H25N5/c1-12(2)22-17(8-9-18-22)15-11-14(19-13(3)20-15)16-7-5-6-10-21(16)4/h8-9,11-12,16H,5-7,10H2,1-4H3. The van der Waals surface area contributed by atoms with Crippen molar-refractivity contribution in [2.24, 2.45) is 0 Å². The maximum absolute atomic E-state index is 4.71. The molecule has 1 aliphatic rings. The van der Waals surface area contributed by atoms with Gasteiger partial charge < -0.3 is 0 Å². The molecular formula is C17H25N5. The molecule has 0 aliphatic carbocycles. The highest BCUT2D eigenvalue weighted by Gasteiger charge is 2.23. The van der Waals surface area contributed by atoms with Crippen molar-refractivity contribution in [3.63, 3.8) is 0 Å². The maximum Gasteiger partial charge on any atom is 0.126 e. The Balaban J connectivity index is 2.01. The number of hydrogen-bond donors (Lipinski definition) is 0. The van der Waals surface area contributed by atoms with Gasteiger partial charge in [0.1, 0.15) is 5.82 Å². The van der Waals surface area contributed by atoms with Gasteiger partial charge in [-0.1, -0.05) is 6.42 Å². The predicted octanol–water partition coefficient (Wildman–Crippen LogP) is 3.39. The molecule has 1 saturated heterocycles. The second kappa shape index (κ2) is 6.16. The van der Waals surface area contributed by atoms with Crippen LogP contribution in [0.5, 0.6) is 0 Å². The first-order chi connectivity index (χ1) is 10.6. The lowest BCUT2D eigenvalue weighted by Gasteiger charge is -2.32. The Hall–Kier alpha value is -1.75. The zero-order chi connectivity index (χ0) is 15.7. The summed E-state index contributed by atoms with van der Waals surface area (Å²) in [5.74, 6) is 0.836. The Bertz CT molecular complexity index is 646. The van der Waals surface area contributed by atoms with E-state index in [2.05, 4.69) is 41.9 Å². The van der Waals surface area contributed by atoms with Gasteiger partial charge in [0, 0.05) is 12.2 Å². The summed E-state index contributed by atoms with van der Waals surface area (Å²) < 4.78 is 2.02. The minimum Gasteiger partial charge on any atom is -0.298 e. The van der Waals surface area contributed by atoms with Crippen LogP contribution in [0.2, 0.25) is 0 Å². The van der Waals surface area contributed by atoms with Crippen LogP contribution < -0.4 is 0 Å². The summed E-state index contributed by atoms with van der Waals surface area (Å²) in [5.41, 5.74) is 3.19. The van der Waals surface area contributed by atoms with Crippen LogP contribution in [-0.2, 0) is 0 Å². The number of aromatic nitrogens is 4. The molecule has 1 fully saturated rings. The SMILES string of the molecule is Cc1nc(-c2ccnn2C(C)C)cc(C2CCCCN2C)n1. The fourth-order valence-electron chi connectivity index (χ4n) is 3.27. The van der Waals surface area contributed by atoms with Gasteiger partial charge in [0.25, 0.3) is 0 Å². The molecule has 0 aromatic carbocycles. The summed E-state index contributed by atoms with van der Waals surface area (Å²) in [7, 11) is 2.19. The second-order valence-corrected chi connectivity index (χ2v) is 6.47. The molecule has 0 amide bonds. The highest BCUT2D eigenvalue weighted by molar-refractivity contribution is 5.55. The molecule has 5 heteroatoms. The average Bonchev–Trinajstić information content (AvgIpc) is 2.96. The molecule has 3 heterocycles. The van der Waals surface area contributed by atoms with Crippen molar-refractivity contribution in [3.05, 3.63) is 29.8 Å². The van der Waals surface area contributed by atoms with E-state index in [9.17, 15) is 0 Å². The van der Waals surface area contributed by atoms with Crippen LogP contribution in [-0.4, -0.2) is 38.2 Å². The van der Waals surface area contributed by atoms with Crippen LogP contribution >= 0.6 is 0 Å². The van der Waals surface area contributed by atoms with Gasteiger partial charge in [0.15, 0.2) is 0 Å². The molecule has 1 unspecified atom stereocenters. The van der Waals surface area contributed by atoms with E-state index in [-0.39, 0.29) is 0 Å². The van der Waals surface area contributed by atoms with Crippen LogP contribution in [0, 0.1) is 6.92 Å². The number of nitrogens with zero attached hydrogens (tertiary/aromatic N) is 5. The van der Waals surface area contributed by atoms with E-state index in [1.807, 2.05) is 23.9 Å². The lowest BCUT2D eigenvalue weighted by Crippen LogP contribution is -2.30. The van der Waals surface area contributed by atoms with Crippen LogP contribution in [0.3, 0.4) is 0 Å². The van der Waals surface area contributed by atoms with Crippen LogP contribution in [0.15, 0.2) is 18.3 Å². The molecule has 22 heavy (non-hydrogen) atoms. The minimum atomic E-state index is 0.320. The van der Waals surface area contributed by atoms with Crippen LogP contribution in [0.1, 0.15) is 56.7 Å². The molecule has 1 atom stereocenters. The Labute approximate surface area is 132 Å². The number of hydrogen-bond acceptors (Lipinski definition) is 4. The maximum atomic E-state index is 4.71. The fourth-order valence-corrected chi connectivity index (χ4v) is 3.27. The molecule has 2 aromatic rings. The fraction of sp³-hybridized carbons (Fsp3) is 0.588. The summed E-state index contributed by atoms with van der Waals surface area (Å²) in [6, 6.07) is 4.91. The summed E-state index contributed by atoms with van der Waals surface area (Å²) in [6.45, 7) is 7.40. The Morgan fingerprint density at radius 1 is 1.23 bits per heavy atom. The lowest BCUT2D eigenvalue weighted by atomic mass is 9.99. The highest BCUT2D eigenvalue weighted by Crippen LogP contribution is 2.30. The van der Waals surface area contributed by atoms with Crippen molar-refractivity contribution in [1.29, 1.82) is 0 Å². The summed E-state index contributed by atoms with van der Waals surface area (Å²) in [5, 5.41) is 4.42. The van der Waals surface area contributed by atoms with E-state index < -0.39 is 0 Å². The van der Waals surface area contributed by atoms with Crippen LogP contribution in [0.4, 0.5) is 0 Å². The molecule has 118 valence electrons. The smallest absolute Gasteiger partial charge is 0.126 e. The molecule has 5 nitrogen and oxygen atoms in total. The van der Waals surface area contributed by atoms with E-state index in [1.54, 1.807) is 0 Å². The Morgan fingerprint density at radius 3 is 2.77 bits per heavy atom. The molecule has 2 aromatic heterocycles. The van der Waals surface area contributed by atoms with Crippen LogP contribution in [0.25, 0.3) is 11.4 Å². The van der Waals surface area contributed by atoms with E-state index in [4.69, 9.17) is 4.98 Å². The predicted molar refractivity (Wildman–Crippen MR) is 87.6 cm³/mol. The number of likely N-dealkylation sites (tertiary alicyclic amines) is 1. The molecule has 1 aliphatic heterocycles. The summed E-state index contributed by atoms with van der Waals surface area (Å²) in [6.07, 6.45) is 5.58.